The third-order valence-corrected chi connectivity index (χ3v) is 6.39. The molecule has 2 aliphatic heterocycles. The minimum Gasteiger partial charge on any atom is -0.497 e. The number of hydrogen-bond acceptors (Lipinski definition) is 3. The number of nitrogens with zero attached hydrogens (tertiary/aromatic N) is 1. The molecule has 0 bridgehead atoms. The Morgan fingerprint density at radius 3 is 2.67 bits per heavy atom. The van der Waals surface area contributed by atoms with E-state index in [2.05, 4.69) is 57.7 Å². The van der Waals surface area contributed by atoms with Gasteiger partial charge in [-0.3, -0.25) is 4.90 Å². The van der Waals surface area contributed by atoms with Crippen molar-refractivity contribution < 1.29 is 4.74 Å². The van der Waals surface area contributed by atoms with Gasteiger partial charge in [-0.25, -0.2) is 0 Å². The van der Waals surface area contributed by atoms with Crippen molar-refractivity contribution in [1.29, 1.82) is 0 Å². The van der Waals surface area contributed by atoms with E-state index in [0.29, 0.717) is 0 Å². The molecule has 4 nitrogen and oxygen atoms in total. The first-order valence-electron chi connectivity index (χ1n) is 9.98. The maximum atomic E-state index is 5.45. The highest BCUT2D eigenvalue weighted by molar-refractivity contribution is 5.86. The molecule has 27 heavy (non-hydrogen) atoms. The molecular formula is C23H27N3O. The summed E-state index contributed by atoms with van der Waals surface area (Å²) in [7, 11) is 1.74. The predicted octanol–water partition coefficient (Wildman–Crippen LogP) is 3.81. The van der Waals surface area contributed by atoms with E-state index in [-0.39, 0.29) is 5.54 Å². The second kappa shape index (κ2) is 6.70. The number of H-pyrrole nitrogens is 1. The van der Waals surface area contributed by atoms with Crippen LogP contribution in [0.15, 0.2) is 48.5 Å². The SMILES string of the molecule is COc1ccc2[nH]c3c(c2c1)CCNC31CCN(Cc2ccccc2)CC1. The lowest BCUT2D eigenvalue weighted by Crippen LogP contribution is -2.54. The first-order chi connectivity index (χ1) is 13.3. The van der Waals surface area contributed by atoms with Crippen LogP contribution in [-0.4, -0.2) is 36.6 Å². The van der Waals surface area contributed by atoms with Crippen molar-refractivity contribution in [2.24, 2.45) is 0 Å². The molecule has 3 heterocycles. The van der Waals surface area contributed by atoms with Gasteiger partial charge >= 0.3 is 0 Å². The van der Waals surface area contributed by atoms with Crippen LogP contribution in [0, 0.1) is 0 Å². The zero-order valence-corrected chi connectivity index (χ0v) is 15.9. The Bertz CT molecular complexity index is 939. The summed E-state index contributed by atoms with van der Waals surface area (Å²) in [6, 6.07) is 17.2. The Morgan fingerprint density at radius 1 is 1.07 bits per heavy atom. The fourth-order valence-electron chi connectivity index (χ4n) is 4.90. The summed E-state index contributed by atoms with van der Waals surface area (Å²) in [4.78, 5) is 6.34. The number of aromatic amines is 1. The molecule has 3 aromatic rings. The molecule has 1 fully saturated rings. The summed E-state index contributed by atoms with van der Waals surface area (Å²) in [5, 5.41) is 5.21. The molecule has 0 saturated carbocycles. The summed E-state index contributed by atoms with van der Waals surface area (Å²) >= 11 is 0. The van der Waals surface area contributed by atoms with Gasteiger partial charge in [-0.05, 0) is 48.6 Å². The van der Waals surface area contributed by atoms with Crippen molar-refractivity contribution in [3.8, 4) is 5.75 Å². The van der Waals surface area contributed by atoms with E-state index in [9.17, 15) is 0 Å². The number of hydrogen-bond donors (Lipinski definition) is 2. The standard InChI is InChI=1S/C23H27N3O/c1-27-18-7-8-21-20(15-18)19-9-12-24-23(22(19)25-21)10-13-26(14-11-23)16-17-5-3-2-4-6-17/h2-8,15,24-25H,9-14,16H2,1H3. The van der Waals surface area contributed by atoms with Crippen LogP contribution in [0.2, 0.25) is 0 Å². The van der Waals surface area contributed by atoms with E-state index in [4.69, 9.17) is 4.74 Å². The van der Waals surface area contributed by atoms with Crippen molar-refractivity contribution in [2.45, 2.75) is 31.3 Å². The van der Waals surface area contributed by atoms with E-state index in [1.165, 1.54) is 27.7 Å². The third kappa shape index (κ3) is 2.93. The molecule has 0 unspecified atom stereocenters. The third-order valence-electron chi connectivity index (χ3n) is 6.39. The van der Waals surface area contributed by atoms with Crippen molar-refractivity contribution in [3.05, 3.63) is 65.4 Å². The van der Waals surface area contributed by atoms with Crippen molar-refractivity contribution in [1.82, 2.24) is 15.2 Å². The van der Waals surface area contributed by atoms with Crippen molar-refractivity contribution >= 4 is 10.9 Å². The number of ether oxygens (including phenoxy) is 1. The van der Waals surface area contributed by atoms with E-state index in [0.717, 1.165) is 51.2 Å². The number of fused-ring (bicyclic) bond motifs is 4. The number of rotatable bonds is 3. The number of benzene rings is 2. The highest BCUT2D eigenvalue weighted by Gasteiger charge is 2.41. The fraction of sp³-hybridized carbons (Fsp3) is 0.391. The monoisotopic (exact) mass is 361 g/mol. The first kappa shape index (κ1) is 16.8. The maximum absolute atomic E-state index is 5.45. The van der Waals surface area contributed by atoms with E-state index < -0.39 is 0 Å². The molecule has 0 aliphatic carbocycles. The maximum Gasteiger partial charge on any atom is 0.119 e. The molecule has 2 aliphatic rings. The molecule has 0 amide bonds. The lowest BCUT2D eigenvalue weighted by molar-refractivity contribution is 0.121. The predicted molar refractivity (Wildman–Crippen MR) is 109 cm³/mol. The number of nitrogens with one attached hydrogen (secondary N) is 2. The molecule has 0 atom stereocenters. The zero-order valence-electron chi connectivity index (χ0n) is 15.9. The smallest absolute Gasteiger partial charge is 0.119 e. The largest absolute Gasteiger partial charge is 0.497 e. The number of piperidine rings is 1. The van der Waals surface area contributed by atoms with Crippen LogP contribution in [0.25, 0.3) is 10.9 Å². The zero-order chi connectivity index (χ0) is 18.3. The summed E-state index contributed by atoms with van der Waals surface area (Å²) in [5.41, 5.74) is 5.63. The number of methoxy groups -OCH3 is 1. The summed E-state index contributed by atoms with van der Waals surface area (Å²) in [6.07, 6.45) is 3.38. The van der Waals surface area contributed by atoms with Crippen LogP contribution in [0.3, 0.4) is 0 Å². The number of likely N-dealkylation sites (tertiary alicyclic amines) is 1. The summed E-state index contributed by atoms with van der Waals surface area (Å²) in [5.74, 6) is 0.939. The molecule has 140 valence electrons. The lowest BCUT2D eigenvalue weighted by Gasteiger charge is -2.45. The molecule has 2 aromatic carbocycles. The van der Waals surface area contributed by atoms with Gasteiger partial charge in [-0.1, -0.05) is 30.3 Å². The van der Waals surface area contributed by atoms with Crippen LogP contribution >= 0.6 is 0 Å². The van der Waals surface area contributed by atoms with Crippen molar-refractivity contribution in [3.63, 3.8) is 0 Å². The molecule has 2 N–H and O–H groups in total. The Balaban J connectivity index is 1.41. The normalized spacial score (nSPS) is 19.3. The molecular weight excluding hydrogens is 334 g/mol. The molecule has 1 spiro atoms. The van der Waals surface area contributed by atoms with E-state index >= 15 is 0 Å². The summed E-state index contributed by atoms with van der Waals surface area (Å²) in [6.45, 7) is 4.35. The quantitative estimate of drug-likeness (QED) is 0.745. The molecule has 5 rings (SSSR count). The minimum atomic E-state index is 0.0903. The minimum absolute atomic E-state index is 0.0903. The van der Waals surface area contributed by atoms with E-state index in [1.54, 1.807) is 7.11 Å². The van der Waals surface area contributed by atoms with Crippen LogP contribution in [0.1, 0.15) is 29.7 Å². The second-order valence-electron chi connectivity index (χ2n) is 7.91. The molecule has 1 saturated heterocycles. The molecule has 4 heteroatoms. The molecule has 1 aromatic heterocycles. The van der Waals surface area contributed by atoms with Gasteiger partial charge in [0.25, 0.3) is 0 Å². The van der Waals surface area contributed by atoms with Crippen LogP contribution in [0.5, 0.6) is 5.75 Å². The van der Waals surface area contributed by atoms with Gasteiger partial charge in [0.15, 0.2) is 0 Å². The summed E-state index contributed by atoms with van der Waals surface area (Å²) < 4.78 is 5.45. The van der Waals surface area contributed by atoms with Gasteiger partial charge in [0, 0.05) is 42.8 Å². The van der Waals surface area contributed by atoms with Gasteiger partial charge in [0.1, 0.15) is 5.75 Å². The van der Waals surface area contributed by atoms with Crippen LogP contribution < -0.4 is 10.1 Å². The van der Waals surface area contributed by atoms with Gasteiger partial charge in [-0.15, -0.1) is 0 Å². The Kier molecular flexibility index (Phi) is 4.18. The average molecular weight is 361 g/mol. The Morgan fingerprint density at radius 2 is 1.89 bits per heavy atom. The van der Waals surface area contributed by atoms with Gasteiger partial charge < -0.3 is 15.0 Å². The Hall–Kier alpha value is -2.30. The Labute approximate surface area is 160 Å². The van der Waals surface area contributed by atoms with Crippen LogP contribution in [0.4, 0.5) is 0 Å². The van der Waals surface area contributed by atoms with Gasteiger partial charge in [0.2, 0.25) is 0 Å². The lowest BCUT2D eigenvalue weighted by atomic mass is 9.79. The topological polar surface area (TPSA) is 40.3 Å². The van der Waals surface area contributed by atoms with E-state index in [1.807, 2.05) is 6.07 Å². The average Bonchev–Trinajstić information content (AvgIpc) is 3.10. The van der Waals surface area contributed by atoms with Gasteiger partial charge in [-0.2, -0.15) is 0 Å². The van der Waals surface area contributed by atoms with Crippen molar-refractivity contribution in [2.75, 3.05) is 26.7 Å². The first-order valence-corrected chi connectivity index (χ1v) is 9.98. The number of aromatic nitrogens is 1. The van der Waals surface area contributed by atoms with Gasteiger partial charge in [0.05, 0.1) is 12.6 Å². The fourth-order valence-corrected chi connectivity index (χ4v) is 4.90. The molecule has 0 radical (unpaired) electrons. The highest BCUT2D eigenvalue weighted by Crippen LogP contribution is 2.41. The highest BCUT2D eigenvalue weighted by atomic mass is 16.5. The van der Waals surface area contributed by atoms with Crippen LogP contribution in [-0.2, 0) is 18.5 Å². The second-order valence-corrected chi connectivity index (χ2v) is 7.91.